The van der Waals surface area contributed by atoms with E-state index in [9.17, 15) is 9.90 Å². The number of nitrogen functional groups attached to an aromatic ring is 1. The van der Waals surface area contributed by atoms with Crippen molar-refractivity contribution in [1.29, 1.82) is 0 Å². The van der Waals surface area contributed by atoms with Gasteiger partial charge in [0.25, 0.3) is 0 Å². The van der Waals surface area contributed by atoms with Crippen LogP contribution < -0.4 is 21.3 Å². The summed E-state index contributed by atoms with van der Waals surface area (Å²) in [7, 11) is 1.73. The first-order valence-corrected chi connectivity index (χ1v) is 12.5. The van der Waals surface area contributed by atoms with Crippen molar-refractivity contribution in [3.63, 3.8) is 0 Å². The van der Waals surface area contributed by atoms with Crippen LogP contribution >= 0.6 is 0 Å². The number of carboxylic acids is 1. The Morgan fingerprint density at radius 3 is 2.70 bits per heavy atom. The van der Waals surface area contributed by atoms with Crippen LogP contribution in [0.2, 0.25) is 0 Å². The molecule has 1 aliphatic rings. The van der Waals surface area contributed by atoms with Crippen LogP contribution in [0.1, 0.15) is 53.1 Å². The smallest absolute Gasteiger partial charge is 0.310 e. The number of nitrogens with two attached hydrogens (primary N) is 2. The van der Waals surface area contributed by atoms with Gasteiger partial charge in [0.2, 0.25) is 0 Å². The van der Waals surface area contributed by atoms with Crippen molar-refractivity contribution in [3.05, 3.63) is 82.2 Å². The second-order valence-electron chi connectivity index (χ2n) is 10.5. The van der Waals surface area contributed by atoms with Gasteiger partial charge in [-0.3, -0.25) is 14.7 Å². The summed E-state index contributed by atoms with van der Waals surface area (Å²) in [6, 6.07) is 12.0. The summed E-state index contributed by atoms with van der Waals surface area (Å²) in [6.45, 7) is 10.4. The number of pyridine rings is 1. The Morgan fingerprint density at radius 1 is 1.24 bits per heavy atom. The molecule has 1 atom stereocenters. The highest BCUT2D eigenvalue weighted by Crippen LogP contribution is 2.45. The Morgan fingerprint density at radius 2 is 2.00 bits per heavy atom. The lowest BCUT2D eigenvalue weighted by molar-refractivity contribution is -0.147. The first-order valence-electron chi connectivity index (χ1n) is 12.5. The van der Waals surface area contributed by atoms with Crippen LogP contribution in [0.25, 0.3) is 0 Å². The number of hydrazine groups is 1. The topological polar surface area (TPSA) is 118 Å². The maximum atomic E-state index is 12.5. The molecule has 8 heteroatoms. The van der Waals surface area contributed by atoms with Crippen molar-refractivity contribution in [3.8, 4) is 5.75 Å². The van der Waals surface area contributed by atoms with Crippen LogP contribution in [0, 0.1) is 19.3 Å². The van der Waals surface area contributed by atoms with Crippen molar-refractivity contribution in [2.75, 3.05) is 30.9 Å². The van der Waals surface area contributed by atoms with E-state index in [1.165, 1.54) is 5.01 Å². The number of aliphatic carboxylic acids is 1. The minimum Gasteiger partial charge on any atom is -0.492 e. The fourth-order valence-electron chi connectivity index (χ4n) is 5.16. The van der Waals surface area contributed by atoms with Gasteiger partial charge in [0.05, 0.1) is 16.8 Å². The molecule has 0 aliphatic carbocycles. The fraction of sp³-hybridized carbons (Fsp3) is 0.379. The van der Waals surface area contributed by atoms with Gasteiger partial charge in [-0.1, -0.05) is 24.3 Å². The third kappa shape index (κ3) is 5.26. The normalized spacial score (nSPS) is 14.9. The second kappa shape index (κ2) is 10.4. The standard InChI is InChI=1S/C29H37N5O3/c1-18-6-7-20(14-21(18)16-34-12-13-37-25-10-11-32-15-22(25)17-34)26(29(3,4)28(35)36)23-8-9-24(33(5)31)27(30)19(23)2/h6-11,14-15,26H,12-13,16-17,30-31H2,1-5H3,(H,35,36). The number of carboxylic acid groups (broad SMARTS) is 1. The molecule has 1 unspecified atom stereocenters. The molecule has 0 spiro atoms. The lowest BCUT2D eigenvalue weighted by Gasteiger charge is -2.34. The molecule has 2 heterocycles. The van der Waals surface area contributed by atoms with E-state index in [2.05, 4.69) is 28.9 Å². The van der Waals surface area contributed by atoms with E-state index in [0.717, 1.165) is 58.8 Å². The van der Waals surface area contributed by atoms with Crippen molar-refractivity contribution < 1.29 is 14.6 Å². The number of ether oxygens (including phenoxy) is 1. The van der Waals surface area contributed by atoms with Gasteiger partial charge in [-0.05, 0) is 67.6 Å². The molecule has 0 amide bonds. The second-order valence-corrected chi connectivity index (χ2v) is 10.5. The summed E-state index contributed by atoms with van der Waals surface area (Å²) in [5.74, 6) is 5.56. The highest BCUT2D eigenvalue weighted by Gasteiger charge is 2.40. The van der Waals surface area contributed by atoms with Gasteiger partial charge in [-0.15, -0.1) is 0 Å². The van der Waals surface area contributed by atoms with E-state index in [-0.39, 0.29) is 0 Å². The number of nitrogens with zero attached hydrogens (tertiary/aromatic N) is 3. The van der Waals surface area contributed by atoms with E-state index < -0.39 is 17.3 Å². The summed E-state index contributed by atoms with van der Waals surface area (Å²) < 4.78 is 5.92. The molecule has 3 aromatic rings. The molecule has 0 bridgehead atoms. The third-order valence-corrected chi connectivity index (χ3v) is 7.52. The molecule has 1 aromatic heterocycles. The maximum absolute atomic E-state index is 12.5. The Balaban J connectivity index is 1.75. The van der Waals surface area contributed by atoms with E-state index in [1.807, 2.05) is 37.4 Å². The van der Waals surface area contributed by atoms with Crippen LogP contribution in [0.3, 0.4) is 0 Å². The van der Waals surface area contributed by atoms with Crippen molar-refractivity contribution in [2.24, 2.45) is 11.3 Å². The lowest BCUT2D eigenvalue weighted by atomic mass is 9.69. The molecular weight excluding hydrogens is 466 g/mol. The molecule has 5 N–H and O–H groups in total. The van der Waals surface area contributed by atoms with Gasteiger partial charge >= 0.3 is 5.97 Å². The van der Waals surface area contributed by atoms with Crippen molar-refractivity contribution in [1.82, 2.24) is 9.88 Å². The Labute approximate surface area is 218 Å². The predicted octanol–water partition coefficient (Wildman–Crippen LogP) is 4.23. The number of carbonyl (C=O) groups is 1. The minimum atomic E-state index is -1.08. The van der Waals surface area contributed by atoms with E-state index in [4.69, 9.17) is 16.3 Å². The zero-order valence-corrected chi connectivity index (χ0v) is 22.3. The summed E-state index contributed by atoms with van der Waals surface area (Å²) >= 11 is 0. The molecule has 0 saturated heterocycles. The number of benzene rings is 2. The third-order valence-electron chi connectivity index (χ3n) is 7.52. The summed E-state index contributed by atoms with van der Waals surface area (Å²) in [5.41, 5.74) is 12.7. The molecule has 1 aliphatic heterocycles. The van der Waals surface area contributed by atoms with Gasteiger partial charge in [0.1, 0.15) is 12.4 Å². The Bertz CT molecular complexity index is 1300. The number of rotatable bonds is 7. The zero-order valence-electron chi connectivity index (χ0n) is 22.3. The van der Waals surface area contributed by atoms with E-state index in [0.29, 0.717) is 18.0 Å². The van der Waals surface area contributed by atoms with E-state index in [1.54, 1.807) is 27.1 Å². The maximum Gasteiger partial charge on any atom is 0.310 e. The zero-order chi connectivity index (χ0) is 26.9. The van der Waals surface area contributed by atoms with E-state index >= 15 is 0 Å². The van der Waals surface area contributed by atoms with Gasteiger partial charge in [0, 0.05) is 50.6 Å². The van der Waals surface area contributed by atoms with Crippen LogP contribution in [0.15, 0.2) is 48.8 Å². The van der Waals surface area contributed by atoms with Gasteiger partial charge in [0.15, 0.2) is 0 Å². The molecule has 0 saturated carbocycles. The minimum absolute atomic E-state index is 0.416. The predicted molar refractivity (Wildman–Crippen MR) is 146 cm³/mol. The molecule has 0 fully saturated rings. The van der Waals surface area contributed by atoms with Crippen LogP contribution in [0.4, 0.5) is 11.4 Å². The SMILES string of the molecule is Cc1ccc(C(c2ccc(N(C)N)c(N)c2C)C(C)(C)C(=O)O)cc1CN1CCOc2ccncc2C1. The fourth-order valence-corrected chi connectivity index (χ4v) is 5.16. The van der Waals surface area contributed by atoms with Crippen molar-refractivity contribution in [2.45, 2.75) is 46.7 Å². The molecule has 0 radical (unpaired) electrons. The quantitative estimate of drug-likeness (QED) is 0.249. The highest BCUT2D eigenvalue weighted by molar-refractivity contribution is 5.78. The van der Waals surface area contributed by atoms with Crippen molar-refractivity contribution >= 4 is 17.3 Å². The van der Waals surface area contributed by atoms with Crippen LogP contribution in [0.5, 0.6) is 5.75 Å². The number of anilines is 2. The summed E-state index contributed by atoms with van der Waals surface area (Å²) in [5, 5.41) is 11.7. The number of hydrogen-bond acceptors (Lipinski definition) is 7. The Hall–Kier alpha value is -3.62. The largest absolute Gasteiger partial charge is 0.492 e. The number of aryl methyl sites for hydroxylation is 1. The first-order chi connectivity index (χ1) is 17.5. The molecule has 8 nitrogen and oxygen atoms in total. The number of aromatic nitrogens is 1. The Kier molecular flexibility index (Phi) is 7.43. The van der Waals surface area contributed by atoms with Gasteiger partial charge < -0.3 is 20.6 Å². The summed E-state index contributed by atoms with van der Waals surface area (Å²) in [6.07, 6.45) is 3.61. The first kappa shape index (κ1) is 26.4. The van der Waals surface area contributed by atoms with Gasteiger partial charge in [-0.25, -0.2) is 5.84 Å². The molecule has 2 aromatic carbocycles. The lowest BCUT2D eigenvalue weighted by Crippen LogP contribution is -2.33. The van der Waals surface area contributed by atoms with Crippen LogP contribution in [-0.2, 0) is 17.9 Å². The monoisotopic (exact) mass is 503 g/mol. The number of fused-ring (bicyclic) bond motifs is 1. The molecule has 196 valence electrons. The average Bonchev–Trinajstić information content (AvgIpc) is 3.05. The highest BCUT2D eigenvalue weighted by atomic mass is 16.5. The molecule has 4 rings (SSSR count). The number of hydrogen-bond donors (Lipinski definition) is 3. The van der Waals surface area contributed by atoms with Crippen LogP contribution in [-0.4, -0.2) is 41.2 Å². The molecular formula is C29H37N5O3. The average molecular weight is 504 g/mol. The molecule has 37 heavy (non-hydrogen) atoms. The summed E-state index contributed by atoms with van der Waals surface area (Å²) in [4.78, 5) is 19.1. The van der Waals surface area contributed by atoms with Gasteiger partial charge in [-0.2, -0.15) is 0 Å².